The third-order valence-corrected chi connectivity index (χ3v) is 2.39. The van der Waals surface area contributed by atoms with E-state index in [1.54, 1.807) is 24.4 Å². The van der Waals surface area contributed by atoms with Crippen LogP contribution in [0.5, 0.6) is 0 Å². The Morgan fingerprint density at radius 1 is 1.50 bits per heavy atom. The lowest BCUT2D eigenvalue weighted by molar-refractivity contribution is 0.0506. The smallest absolute Gasteiger partial charge is 0.342 e. The van der Waals surface area contributed by atoms with Gasteiger partial charge >= 0.3 is 5.97 Å². The minimum absolute atomic E-state index is 0.316. The molecule has 1 heterocycles. The molecule has 0 saturated heterocycles. The van der Waals surface area contributed by atoms with Gasteiger partial charge in [-0.3, -0.25) is 0 Å². The van der Waals surface area contributed by atoms with Gasteiger partial charge in [-0.1, -0.05) is 18.2 Å². The van der Waals surface area contributed by atoms with Gasteiger partial charge in [0.15, 0.2) is 0 Å². The first kappa shape index (κ1) is 12.1. The summed E-state index contributed by atoms with van der Waals surface area (Å²) < 4.78 is 6.60. The fourth-order valence-electron chi connectivity index (χ4n) is 1.57. The molecule has 0 bridgehead atoms. The van der Waals surface area contributed by atoms with Crippen LogP contribution >= 0.6 is 0 Å². The third kappa shape index (κ3) is 2.32. The number of esters is 1. The summed E-state index contributed by atoms with van der Waals surface area (Å²) in [4.78, 5) is 12.0. The fraction of sp³-hybridized carbons (Fsp3) is 0.250. The van der Waals surface area contributed by atoms with Gasteiger partial charge in [-0.25, -0.2) is 9.48 Å². The van der Waals surface area contributed by atoms with Gasteiger partial charge in [0, 0.05) is 5.69 Å². The van der Waals surface area contributed by atoms with Crippen LogP contribution in [-0.2, 0) is 4.74 Å². The highest BCUT2D eigenvalue weighted by Gasteiger charge is 2.17. The van der Waals surface area contributed by atoms with E-state index >= 15 is 0 Å². The van der Waals surface area contributed by atoms with E-state index in [2.05, 4.69) is 10.3 Å². The number of hydrogen-bond acceptors (Lipinski definition) is 5. The number of hydrogen-bond donors (Lipinski definition) is 1. The van der Waals surface area contributed by atoms with Crippen LogP contribution < -0.4 is 5.73 Å². The number of nitrogen functional groups attached to an aromatic ring is 1. The lowest BCUT2D eigenvalue weighted by Crippen LogP contribution is -2.13. The number of anilines is 1. The molecule has 2 N–H and O–H groups in total. The van der Waals surface area contributed by atoms with Crippen molar-refractivity contribution in [2.45, 2.75) is 13.3 Å². The number of nitrogens with two attached hydrogens (primary N) is 1. The van der Waals surface area contributed by atoms with Crippen molar-refractivity contribution in [1.82, 2.24) is 15.0 Å². The molecule has 0 atom stereocenters. The first-order valence-electron chi connectivity index (χ1n) is 5.66. The van der Waals surface area contributed by atoms with Crippen LogP contribution in [0, 0.1) is 0 Å². The number of carbonyl (C=O) groups excluding carboxylic acids is 1. The molecule has 94 valence electrons. The molecule has 0 aliphatic rings. The summed E-state index contributed by atoms with van der Waals surface area (Å²) in [6, 6.07) is 5.15. The standard InChI is InChI=1S/C12H14N4O2/c1-2-8-18-12(17)11-9(13)4-3-5-10(11)16-7-6-14-15-16/h3-7H,2,8,13H2,1H3. The average Bonchev–Trinajstić information content (AvgIpc) is 2.89. The molecule has 1 aromatic heterocycles. The summed E-state index contributed by atoms with van der Waals surface area (Å²) in [7, 11) is 0. The van der Waals surface area contributed by atoms with Gasteiger partial charge in [-0.15, -0.1) is 5.10 Å². The molecule has 0 radical (unpaired) electrons. The molecule has 0 aliphatic heterocycles. The quantitative estimate of drug-likeness (QED) is 0.651. The summed E-state index contributed by atoms with van der Waals surface area (Å²) in [5.41, 5.74) is 7.08. The number of carbonyl (C=O) groups is 1. The Kier molecular flexibility index (Phi) is 3.57. The molecule has 0 spiro atoms. The SMILES string of the molecule is CCCOC(=O)c1c(N)cccc1-n1ccnn1. The highest BCUT2D eigenvalue weighted by Crippen LogP contribution is 2.21. The zero-order valence-electron chi connectivity index (χ0n) is 10.0. The molecular formula is C12H14N4O2. The van der Waals surface area contributed by atoms with E-state index in [0.29, 0.717) is 23.5 Å². The van der Waals surface area contributed by atoms with E-state index in [-0.39, 0.29) is 0 Å². The number of rotatable bonds is 4. The van der Waals surface area contributed by atoms with E-state index < -0.39 is 5.97 Å². The van der Waals surface area contributed by atoms with Crippen LogP contribution in [0.25, 0.3) is 5.69 Å². The summed E-state index contributed by atoms with van der Waals surface area (Å²) in [6.45, 7) is 2.30. The summed E-state index contributed by atoms with van der Waals surface area (Å²) in [5.74, 6) is -0.444. The predicted molar refractivity (Wildman–Crippen MR) is 66.3 cm³/mol. The highest BCUT2D eigenvalue weighted by atomic mass is 16.5. The Labute approximate surface area is 104 Å². The molecule has 0 saturated carbocycles. The van der Waals surface area contributed by atoms with Crippen molar-refractivity contribution >= 4 is 11.7 Å². The Hall–Kier alpha value is -2.37. The topological polar surface area (TPSA) is 83.0 Å². The minimum Gasteiger partial charge on any atom is -0.462 e. The maximum absolute atomic E-state index is 12.0. The second-order valence-electron chi connectivity index (χ2n) is 3.72. The molecule has 0 fully saturated rings. The Morgan fingerprint density at radius 3 is 3.00 bits per heavy atom. The first-order valence-corrected chi connectivity index (χ1v) is 5.66. The van der Waals surface area contributed by atoms with Crippen LogP contribution in [0.2, 0.25) is 0 Å². The van der Waals surface area contributed by atoms with Crippen molar-refractivity contribution in [2.75, 3.05) is 12.3 Å². The van der Waals surface area contributed by atoms with E-state index in [1.165, 1.54) is 10.9 Å². The molecule has 0 aliphatic carbocycles. The molecule has 2 aromatic rings. The van der Waals surface area contributed by atoms with Crippen molar-refractivity contribution in [2.24, 2.45) is 0 Å². The van der Waals surface area contributed by atoms with Crippen LogP contribution in [0.4, 0.5) is 5.69 Å². The highest BCUT2D eigenvalue weighted by molar-refractivity contribution is 5.99. The van der Waals surface area contributed by atoms with Crippen LogP contribution in [-0.4, -0.2) is 27.6 Å². The van der Waals surface area contributed by atoms with Gasteiger partial charge in [0.25, 0.3) is 0 Å². The predicted octanol–water partition coefficient (Wildman–Crippen LogP) is 1.42. The molecule has 18 heavy (non-hydrogen) atoms. The molecule has 6 heteroatoms. The minimum atomic E-state index is -0.444. The Morgan fingerprint density at radius 2 is 2.33 bits per heavy atom. The van der Waals surface area contributed by atoms with Crippen molar-refractivity contribution in [1.29, 1.82) is 0 Å². The van der Waals surface area contributed by atoms with Gasteiger partial charge in [0.2, 0.25) is 0 Å². The van der Waals surface area contributed by atoms with Crippen molar-refractivity contribution in [3.63, 3.8) is 0 Å². The van der Waals surface area contributed by atoms with E-state index in [9.17, 15) is 4.79 Å². The van der Waals surface area contributed by atoms with E-state index in [4.69, 9.17) is 10.5 Å². The summed E-state index contributed by atoms with van der Waals surface area (Å²) >= 11 is 0. The lowest BCUT2D eigenvalue weighted by atomic mass is 10.1. The number of benzene rings is 1. The molecule has 0 unspecified atom stereocenters. The molecular weight excluding hydrogens is 232 g/mol. The van der Waals surface area contributed by atoms with Gasteiger partial charge in [0.1, 0.15) is 5.56 Å². The third-order valence-electron chi connectivity index (χ3n) is 2.39. The van der Waals surface area contributed by atoms with Crippen LogP contribution in [0.1, 0.15) is 23.7 Å². The number of ether oxygens (including phenoxy) is 1. The largest absolute Gasteiger partial charge is 0.462 e. The summed E-state index contributed by atoms with van der Waals surface area (Å²) in [6.07, 6.45) is 3.94. The van der Waals surface area contributed by atoms with Gasteiger partial charge < -0.3 is 10.5 Å². The maximum atomic E-state index is 12.0. The molecule has 0 amide bonds. The summed E-state index contributed by atoms with van der Waals surface area (Å²) in [5, 5.41) is 7.57. The monoisotopic (exact) mass is 246 g/mol. The number of nitrogens with zero attached hydrogens (tertiary/aromatic N) is 3. The van der Waals surface area contributed by atoms with Crippen LogP contribution in [0.15, 0.2) is 30.6 Å². The zero-order valence-corrected chi connectivity index (χ0v) is 10.0. The van der Waals surface area contributed by atoms with Gasteiger partial charge in [-0.2, -0.15) is 0 Å². The fourth-order valence-corrected chi connectivity index (χ4v) is 1.57. The Balaban J connectivity index is 2.42. The number of aromatic nitrogens is 3. The zero-order chi connectivity index (χ0) is 13.0. The molecule has 2 rings (SSSR count). The van der Waals surface area contributed by atoms with Crippen LogP contribution in [0.3, 0.4) is 0 Å². The van der Waals surface area contributed by atoms with Gasteiger partial charge in [0.05, 0.1) is 24.7 Å². The second-order valence-corrected chi connectivity index (χ2v) is 3.72. The average molecular weight is 246 g/mol. The second kappa shape index (κ2) is 5.31. The normalized spacial score (nSPS) is 10.3. The first-order chi connectivity index (χ1) is 8.74. The van der Waals surface area contributed by atoms with Crippen molar-refractivity contribution < 1.29 is 9.53 Å². The van der Waals surface area contributed by atoms with Crippen molar-refractivity contribution in [3.05, 3.63) is 36.2 Å². The lowest BCUT2D eigenvalue weighted by Gasteiger charge is -2.11. The molecule has 1 aromatic carbocycles. The van der Waals surface area contributed by atoms with E-state index in [0.717, 1.165) is 6.42 Å². The van der Waals surface area contributed by atoms with Gasteiger partial charge in [-0.05, 0) is 18.6 Å². The maximum Gasteiger partial charge on any atom is 0.342 e. The molecule has 6 nitrogen and oxygen atoms in total. The van der Waals surface area contributed by atoms with Crippen molar-refractivity contribution in [3.8, 4) is 5.69 Å². The van der Waals surface area contributed by atoms with E-state index in [1.807, 2.05) is 6.92 Å². The Bertz CT molecular complexity index is 537.